The number of halogens is 3. The van der Waals surface area contributed by atoms with Crippen molar-refractivity contribution in [3.8, 4) is 0 Å². The zero-order valence-corrected chi connectivity index (χ0v) is 13.8. The number of rotatable bonds is 4. The maximum Gasteiger partial charge on any atom is 0.407 e. The quantitative estimate of drug-likeness (QED) is 0.868. The van der Waals surface area contributed by atoms with Crippen molar-refractivity contribution in [1.82, 2.24) is 4.90 Å². The van der Waals surface area contributed by atoms with Crippen LogP contribution in [-0.4, -0.2) is 39.9 Å². The second-order valence-electron chi connectivity index (χ2n) is 6.35. The first-order chi connectivity index (χ1) is 12.4. The third kappa shape index (κ3) is 3.39. The minimum Gasteiger partial charge on any atom is -0.465 e. The Bertz CT molecular complexity index is 797. The van der Waals surface area contributed by atoms with Crippen molar-refractivity contribution in [3.63, 3.8) is 0 Å². The highest BCUT2D eigenvalue weighted by Crippen LogP contribution is 2.36. The van der Waals surface area contributed by atoms with Crippen LogP contribution in [0.15, 0.2) is 42.5 Å². The fraction of sp³-hybridized carbons (Fsp3) is 0.316. The molecule has 0 aliphatic carbocycles. The third-order valence-electron chi connectivity index (χ3n) is 4.83. The van der Waals surface area contributed by atoms with E-state index in [1.54, 1.807) is 0 Å². The number of hydrogen-bond donors (Lipinski definition) is 2. The van der Waals surface area contributed by atoms with E-state index in [4.69, 9.17) is 0 Å². The second-order valence-corrected chi connectivity index (χ2v) is 6.35. The molecule has 138 valence electrons. The molecule has 26 heavy (non-hydrogen) atoms. The normalized spacial score (nSPS) is 19.4. The molecule has 0 aromatic heterocycles. The van der Waals surface area contributed by atoms with Gasteiger partial charge < -0.3 is 15.1 Å². The molecule has 4 nitrogen and oxygen atoms in total. The Labute approximate surface area is 148 Å². The van der Waals surface area contributed by atoms with E-state index in [0.717, 1.165) is 23.1 Å². The number of amides is 1. The van der Waals surface area contributed by atoms with Gasteiger partial charge in [-0.1, -0.05) is 24.3 Å². The molecule has 1 fully saturated rings. The van der Waals surface area contributed by atoms with Gasteiger partial charge in [0.05, 0.1) is 12.1 Å². The maximum atomic E-state index is 14.4. The Morgan fingerprint density at radius 3 is 2.46 bits per heavy atom. The van der Waals surface area contributed by atoms with Crippen LogP contribution in [0.3, 0.4) is 0 Å². The molecule has 2 aromatic carbocycles. The lowest BCUT2D eigenvalue weighted by Gasteiger charge is -2.32. The van der Waals surface area contributed by atoms with Crippen molar-refractivity contribution in [2.75, 3.05) is 6.54 Å². The molecule has 0 radical (unpaired) electrons. The first kappa shape index (κ1) is 18.3. The van der Waals surface area contributed by atoms with E-state index in [2.05, 4.69) is 0 Å². The topological polar surface area (TPSA) is 60.8 Å². The standard InChI is InChI=1S/C19H18F3NO3/c20-12-8-6-11(7-9-12)16(13-3-1-4-14(21)17(13)22)18(24)15-5-2-10-23(15)19(25)26/h1,3-4,6-9,15-16,18,24H,2,5,10H2,(H,25,26)/t15-,16+,18-/m1/s1. The number of likely N-dealkylation sites (tertiary alicyclic amines) is 1. The molecule has 1 saturated heterocycles. The smallest absolute Gasteiger partial charge is 0.407 e. The SMILES string of the molecule is O=C(O)N1CCC[C@@H]1[C@@H](O)[C@@H](c1ccc(F)cc1)c1cccc(F)c1F. The third-order valence-corrected chi connectivity index (χ3v) is 4.83. The van der Waals surface area contributed by atoms with Gasteiger partial charge in [0.15, 0.2) is 11.6 Å². The van der Waals surface area contributed by atoms with Gasteiger partial charge in [0.1, 0.15) is 5.82 Å². The summed E-state index contributed by atoms with van der Waals surface area (Å²) >= 11 is 0. The van der Waals surface area contributed by atoms with Crippen molar-refractivity contribution in [2.24, 2.45) is 0 Å². The van der Waals surface area contributed by atoms with Crippen LogP contribution in [0.25, 0.3) is 0 Å². The van der Waals surface area contributed by atoms with Gasteiger partial charge in [0.25, 0.3) is 0 Å². The molecular formula is C19H18F3NO3. The van der Waals surface area contributed by atoms with Gasteiger partial charge in [0.2, 0.25) is 0 Å². The number of aliphatic hydroxyl groups excluding tert-OH is 1. The molecule has 1 amide bonds. The molecule has 0 spiro atoms. The molecule has 3 atom stereocenters. The number of carbonyl (C=O) groups is 1. The summed E-state index contributed by atoms with van der Waals surface area (Å²) in [6, 6.07) is 7.96. The Morgan fingerprint density at radius 2 is 1.81 bits per heavy atom. The van der Waals surface area contributed by atoms with Crippen molar-refractivity contribution < 1.29 is 28.2 Å². The summed E-state index contributed by atoms with van der Waals surface area (Å²) in [7, 11) is 0. The zero-order chi connectivity index (χ0) is 18.8. The van der Waals surface area contributed by atoms with Gasteiger partial charge in [-0.2, -0.15) is 0 Å². The van der Waals surface area contributed by atoms with Crippen LogP contribution >= 0.6 is 0 Å². The first-order valence-electron chi connectivity index (χ1n) is 8.27. The highest BCUT2D eigenvalue weighted by Gasteiger charge is 2.40. The molecular weight excluding hydrogens is 347 g/mol. The zero-order valence-electron chi connectivity index (χ0n) is 13.8. The molecule has 2 aromatic rings. The van der Waals surface area contributed by atoms with E-state index in [9.17, 15) is 28.2 Å². The van der Waals surface area contributed by atoms with E-state index < -0.39 is 41.6 Å². The predicted octanol–water partition coefficient (Wildman–Crippen LogP) is 3.74. The Hall–Kier alpha value is -2.54. The first-order valence-corrected chi connectivity index (χ1v) is 8.27. The van der Waals surface area contributed by atoms with Crippen molar-refractivity contribution in [2.45, 2.75) is 30.9 Å². The lowest BCUT2D eigenvalue weighted by Crippen LogP contribution is -2.45. The average Bonchev–Trinajstić information content (AvgIpc) is 3.10. The molecule has 2 N–H and O–H groups in total. The molecule has 0 bridgehead atoms. The summed E-state index contributed by atoms with van der Waals surface area (Å²) in [5.41, 5.74) is 0.280. The number of benzene rings is 2. The monoisotopic (exact) mass is 365 g/mol. The number of carboxylic acid groups (broad SMARTS) is 1. The Morgan fingerprint density at radius 1 is 1.12 bits per heavy atom. The van der Waals surface area contributed by atoms with E-state index >= 15 is 0 Å². The summed E-state index contributed by atoms with van der Waals surface area (Å²) in [4.78, 5) is 12.5. The van der Waals surface area contributed by atoms with Crippen LogP contribution in [0, 0.1) is 17.5 Å². The van der Waals surface area contributed by atoms with Crippen molar-refractivity contribution >= 4 is 6.09 Å². The largest absolute Gasteiger partial charge is 0.465 e. The fourth-order valence-corrected chi connectivity index (χ4v) is 3.60. The minimum absolute atomic E-state index is 0.0960. The lowest BCUT2D eigenvalue weighted by molar-refractivity contribution is 0.0575. The number of nitrogens with zero attached hydrogens (tertiary/aromatic N) is 1. The molecule has 1 aliphatic rings. The van der Waals surface area contributed by atoms with Gasteiger partial charge >= 0.3 is 6.09 Å². The van der Waals surface area contributed by atoms with Crippen LogP contribution in [0.5, 0.6) is 0 Å². The van der Waals surface area contributed by atoms with Crippen molar-refractivity contribution in [3.05, 3.63) is 71.0 Å². The van der Waals surface area contributed by atoms with Crippen LogP contribution in [-0.2, 0) is 0 Å². The minimum atomic E-state index is -1.31. The van der Waals surface area contributed by atoms with Gasteiger partial charge in [-0.25, -0.2) is 18.0 Å². The molecule has 0 saturated carbocycles. The van der Waals surface area contributed by atoms with Crippen LogP contribution in [0.2, 0.25) is 0 Å². The highest BCUT2D eigenvalue weighted by molar-refractivity contribution is 5.66. The maximum absolute atomic E-state index is 14.4. The lowest BCUT2D eigenvalue weighted by atomic mass is 9.82. The van der Waals surface area contributed by atoms with E-state index in [1.165, 1.54) is 24.3 Å². The van der Waals surface area contributed by atoms with Gasteiger partial charge in [-0.3, -0.25) is 0 Å². The van der Waals surface area contributed by atoms with Crippen LogP contribution in [0.4, 0.5) is 18.0 Å². The van der Waals surface area contributed by atoms with Crippen molar-refractivity contribution in [1.29, 1.82) is 0 Å². The molecule has 3 rings (SSSR count). The summed E-state index contributed by atoms with van der Waals surface area (Å²) < 4.78 is 41.5. The van der Waals surface area contributed by atoms with Gasteiger partial charge in [-0.15, -0.1) is 0 Å². The summed E-state index contributed by atoms with van der Waals surface area (Å²) in [6.45, 7) is 0.263. The van der Waals surface area contributed by atoms with E-state index in [-0.39, 0.29) is 12.1 Å². The summed E-state index contributed by atoms with van der Waals surface area (Å²) in [6.07, 6.45) is -1.52. The summed E-state index contributed by atoms with van der Waals surface area (Å²) in [5, 5.41) is 20.3. The summed E-state index contributed by atoms with van der Waals surface area (Å²) in [5.74, 6) is -3.71. The predicted molar refractivity (Wildman–Crippen MR) is 88.4 cm³/mol. The number of hydrogen-bond acceptors (Lipinski definition) is 2. The number of aliphatic hydroxyl groups is 1. The Balaban J connectivity index is 2.07. The van der Waals surface area contributed by atoms with Gasteiger partial charge in [-0.05, 0) is 36.6 Å². The Kier molecular flexibility index (Phi) is 5.18. The average molecular weight is 365 g/mol. The molecule has 0 unspecified atom stereocenters. The second kappa shape index (κ2) is 7.37. The molecule has 1 aliphatic heterocycles. The van der Waals surface area contributed by atoms with Crippen LogP contribution in [0.1, 0.15) is 29.9 Å². The fourth-order valence-electron chi connectivity index (χ4n) is 3.60. The van der Waals surface area contributed by atoms with E-state index in [0.29, 0.717) is 18.4 Å². The van der Waals surface area contributed by atoms with Crippen LogP contribution < -0.4 is 0 Å². The highest BCUT2D eigenvalue weighted by atomic mass is 19.2. The molecule has 1 heterocycles. The van der Waals surface area contributed by atoms with E-state index in [1.807, 2.05) is 0 Å². The van der Waals surface area contributed by atoms with Gasteiger partial charge in [0, 0.05) is 18.0 Å². The molecule has 7 heteroatoms.